The van der Waals surface area contributed by atoms with Gasteiger partial charge in [0.05, 0.1) is 21.9 Å². The van der Waals surface area contributed by atoms with E-state index >= 15 is 0 Å². The van der Waals surface area contributed by atoms with Crippen molar-refractivity contribution in [2.24, 2.45) is 5.92 Å². The summed E-state index contributed by atoms with van der Waals surface area (Å²) in [4.78, 5) is 18.8. The number of likely N-dealkylation sites (tertiary alicyclic amines) is 1. The lowest BCUT2D eigenvalue weighted by molar-refractivity contribution is -0.147. The van der Waals surface area contributed by atoms with Gasteiger partial charge in [0.1, 0.15) is 10.8 Å². The van der Waals surface area contributed by atoms with Gasteiger partial charge < -0.3 is 9.84 Å². The second kappa shape index (κ2) is 8.99. The molecule has 0 bridgehead atoms. The number of carbonyl (C=O) groups is 1. The number of aliphatic carboxylic acids is 1. The molecule has 1 fully saturated rings. The van der Waals surface area contributed by atoms with E-state index in [0.717, 1.165) is 33.1 Å². The Kier molecular flexibility index (Phi) is 6.32. The molecule has 1 N–H and O–H groups in total. The second-order valence-electron chi connectivity index (χ2n) is 8.22. The summed E-state index contributed by atoms with van der Waals surface area (Å²) < 4.78 is 5.72. The van der Waals surface area contributed by atoms with E-state index in [9.17, 15) is 4.79 Å². The van der Waals surface area contributed by atoms with Gasteiger partial charge in [-0.25, -0.2) is 4.98 Å². The van der Waals surface area contributed by atoms with Crippen molar-refractivity contribution in [3.8, 4) is 26.8 Å². The van der Waals surface area contributed by atoms with Crippen LogP contribution in [0.25, 0.3) is 21.0 Å². The molecular weight excluding hydrogens is 432 g/mol. The van der Waals surface area contributed by atoms with Crippen molar-refractivity contribution in [3.63, 3.8) is 0 Å². The number of carboxylic acid groups (broad SMARTS) is 1. The number of thiazole rings is 1. The average molecular weight is 457 g/mol. The Balaban J connectivity index is 1.48. The molecule has 31 heavy (non-hydrogen) atoms. The summed E-state index contributed by atoms with van der Waals surface area (Å²) in [6.07, 6.45) is 1.96. The first kappa shape index (κ1) is 21.8. The van der Waals surface area contributed by atoms with Crippen molar-refractivity contribution < 1.29 is 14.6 Å². The molecule has 2 heterocycles. The number of aryl methyl sites for hydroxylation is 1. The predicted molar refractivity (Wildman–Crippen MR) is 125 cm³/mol. The van der Waals surface area contributed by atoms with Gasteiger partial charge in [0.2, 0.25) is 0 Å². The summed E-state index contributed by atoms with van der Waals surface area (Å²) in [7, 11) is 0. The van der Waals surface area contributed by atoms with E-state index in [1.807, 2.05) is 38.2 Å². The Hall–Kier alpha value is -2.41. The van der Waals surface area contributed by atoms with Crippen LogP contribution in [-0.2, 0) is 11.3 Å². The van der Waals surface area contributed by atoms with Gasteiger partial charge in [-0.1, -0.05) is 29.8 Å². The van der Waals surface area contributed by atoms with E-state index in [1.165, 1.54) is 5.56 Å². The molecule has 0 unspecified atom stereocenters. The third kappa shape index (κ3) is 4.92. The summed E-state index contributed by atoms with van der Waals surface area (Å²) in [6.45, 7) is 8.06. The minimum atomic E-state index is -0.703. The number of hydrogen-bond donors (Lipinski definition) is 1. The first-order valence-corrected chi connectivity index (χ1v) is 11.5. The van der Waals surface area contributed by atoms with E-state index in [2.05, 4.69) is 35.0 Å². The van der Waals surface area contributed by atoms with Crippen LogP contribution >= 0.6 is 22.9 Å². The van der Waals surface area contributed by atoms with Crippen LogP contribution in [0.2, 0.25) is 5.02 Å². The largest absolute Gasteiger partial charge is 0.489 e. The molecular formula is C24H25ClN2O3S. The molecule has 1 aliphatic rings. The van der Waals surface area contributed by atoms with Gasteiger partial charge in [0, 0.05) is 31.4 Å². The quantitative estimate of drug-likeness (QED) is 0.491. The molecule has 0 spiro atoms. The minimum absolute atomic E-state index is 0.0731. The van der Waals surface area contributed by atoms with Gasteiger partial charge in [-0.2, -0.15) is 0 Å². The Bertz CT molecular complexity index is 1110. The number of carboxylic acids is 1. The molecule has 2 aromatic carbocycles. The Morgan fingerprint density at radius 2 is 2.06 bits per heavy atom. The fraction of sp³-hybridized carbons (Fsp3) is 0.333. The van der Waals surface area contributed by atoms with E-state index in [-0.39, 0.29) is 12.0 Å². The van der Waals surface area contributed by atoms with Crippen LogP contribution in [0.15, 0.2) is 42.6 Å². The third-order valence-electron chi connectivity index (χ3n) is 5.32. The number of halogens is 1. The Labute approximate surface area is 191 Å². The maximum Gasteiger partial charge on any atom is 0.309 e. The lowest BCUT2D eigenvalue weighted by atomic mass is 9.98. The van der Waals surface area contributed by atoms with Gasteiger partial charge in [-0.05, 0) is 55.7 Å². The highest BCUT2D eigenvalue weighted by molar-refractivity contribution is 7.18. The van der Waals surface area contributed by atoms with Crippen LogP contribution in [0.5, 0.6) is 5.75 Å². The predicted octanol–water partition coefficient (Wildman–Crippen LogP) is 5.74. The highest BCUT2D eigenvalue weighted by atomic mass is 35.5. The van der Waals surface area contributed by atoms with Crippen molar-refractivity contribution in [1.29, 1.82) is 0 Å². The minimum Gasteiger partial charge on any atom is -0.489 e. The van der Waals surface area contributed by atoms with Gasteiger partial charge >= 0.3 is 5.97 Å². The molecule has 162 valence electrons. The van der Waals surface area contributed by atoms with Crippen LogP contribution in [0, 0.1) is 12.8 Å². The molecule has 0 saturated carbocycles. The second-order valence-corrected chi connectivity index (χ2v) is 9.66. The van der Waals surface area contributed by atoms with Crippen LogP contribution in [-0.4, -0.2) is 40.2 Å². The fourth-order valence-electron chi connectivity index (χ4n) is 3.71. The zero-order valence-corrected chi connectivity index (χ0v) is 19.3. The number of hydrogen-bond acceptors (Lipinski definition) is 5. The molecule has 5 nitrogen and oxygen atoms in total. The number of nitrogens with zero attached hydrogens (tertiary/aromatic N) is 2. The first-order valence-electron chi connectivity index (χ1n) is 10.3. The summed E-state index contributed by atoms with van der Waals surface area (Å²) in [6, 6.07) is 12.2. The van der Waals surface area contributed by atoms with Crippen LogP contribution in [0.4, 0.5) is 0 Å². The lowest BCUT2D eigenvalue weighted by Crippen LogP contribution is -2.49. The summed E-state index contributed by atoms with van der Waals surface area (Å²) >= 11 is 8.03. The van der Waals surface area contributed by atoms with Gasteiger partial charge in [0.25, 0.3) is 0 Å². The molecule has 3 aromatic rings. The van der Waals surface area contributed by atoms with E-state index in [1.54, 1.807) is 11.3 Å². The van der Waals surface area contributed by atoms with Gasteiger partial charge in [0.15, 0.2) is 0 Å². The van der Waals surface area contributed by atoms with Gasteiger partial charge in [-0.3, -0.25) is 9.69 Å². The summed E-state index contributed by atoms with van der Waals surface area (Å²) in [5.74, 6) is -0.243. The van der Waals surface area contributed by atoms with Crippen molar-refractivity contribution in [1.82, 2.24) is 9.88 Å². The Morgan fingerprint density at radius 3 is 2.71 bits per heavy atom. The maximum absolute atomic E-state index is 11.0. The number of ether oxygens (including phenoxy) is 1. The summed E-state index contributed by atoms with van der Waals surface area (Å²) in [5, 5.41) is 10.6. The molecule has 1 aromatic heterocycles. The molecule has 0 amide bonds. The maximum atomic E-state index is 11.0. The number of rotatable bonds is 7. The molecule has 0 radical (unpaired) electrons. The van der Waals surface area contributed by atoms with Crippen LogP contribution in [0.1, 0.15) is 25.0 Å². The molecule has 7 heteroatoms. The highest BCUT2D eigenvalue weighted by Gasteiger charge is 2.32. The molecule has 0 aliphatic carbocycles. The molecule has 1 saturated heterocycles. The summed E-state index contributed by atoms with van der Waals surface area (Å²) in [5.41, 5.74) is 4.48. The highest BCUT2D eigenvalue weighted by Crippen LogP contribution is 2.37. The molecule has 0 atom stereocenters. The zero-order valence-electron chi connectivity index (χ0n) is 17.8. The Morgan fingerprint density at radius 1 is 1.29 bits per heavy atom. The van der Waals surface area contributed by atoms with Gasteiger partial charge in [-0.15, -0.1) is 11.3 Å². The lowest BCUT2D eigenvalue weighted by Gasteiger charge is -2.36. The van der Waals surface area contributed by atoms with Crippen LogP contribution < -0.4 is 4.74 Å². The van der Waals surface area contributed by atoms with Crippen molar-refractivity contribution in [2.45, 2.75) is 33.4 Å². The average Bonchev–Trinajstić information content (AvgIpc) is 3.15. The monoisotopic (exact) mass is 456 g/mol. The first-order chi connectivity index (χ1) is 14.8. The number of benzene rings is 2. The smallest absolute Gasteiger partial charge is 0.309 e. The van der Waals surface area contributed by atoms with Crippen molar-refractivity contribution in [3.05, 3.63) is 58.7 Å². The normalized spacial score (nSPS) is 14.6. The van der Waals surface area contributed by atoms with E-state index < -0.39 is 5.97 Å². The van der Waals surface area contributed by atoms with Crippen molar-refractivity contribution >= 4 is 28.9 Å². The van der Waals surface area contributed by atoms with Crippen LogP contribution in [0.3, 0.4) is 0 Å². The molecule has 1 aliphatic heterocycles. The zero-order chi connectivity index (χ0) is 22.1. The third-order valence-corrected chi connectivity index (χ3v) is 6.69. The topological polar surface area (TPSA) is 62.7 Å². The van der Waals surface area contributed by atoms with E-state index in [4.69, 9.17) is 21.4 Å². The van der Waals surface area contributed by atoms with E-state index in [0.29, 0.717) is 23.9 Å². The standard InChI is InChI=1S/C24H25ClN2O3S/c1-14(2)30-21-7-5-17(9-20(21)25)22-10-26-23(31-22)19-6-4-16(8-15(19)3)11-27-12-18(13-27)24(28)29/h4-10,14,18H,11-13H2,1-3H3,(H,28,29). The molecule has 4 rings (SSSR count). The SMILES string of the molecule is Cc1cc(CN2CC(C(=O)O)C2)ccc1-c1ncc(-c2ccc(OC(C)C)c(Cl)c2)s1. The van der Waals surface area contributed by atoms with Crippen molar-refractivity contribution in [2.75, 3.05) is 13.1 Å². The number of aromatic nitrogens is 1. The fourth-order valence-corrected chi connectivity index (χ4v) is 4.94.